The van der Waals surface area contributed by atoms with Gasteiger partial charge in [-0.3, -0.25) is 10.2 Å². The molecular weight excluding hydrogens is 277 g/mol. The fourth-order valence-electron chi connectivity index (χ4n) is 1.72. The number of amides is 3. The SMILES string of the molecule is CNC(=O)NNC(=O)c1cnn(-c2ccc(F)cc2)c1C. The van der Waals surface area contributed by atoms with Gasteiger partial charge in [-0.1, -0.05) is 0 Å². The average Bonchev–Trinajstić information content (AvgIpc) is 2.87. The summed E-state index contributed by atoms with van der Waals surface area (Å²) >= 11 is 0. The fourth-order valence-corrected chi connectivity index (χ4v) is 1.72. The quantitative estimate of drug-likeness (QED) is 0.718. The molecule has 1 aromatic carbocycles. The minimum atomic E-state index is -0.535. The van der Waals surface area contributed by atoms with Crippen molar-refractivity contribution in [1.29, 1.82) is 0 Å². The summed E-state index contributed by atoms with van der Waals surface area (Å²) < 4.78 is 14.4. The summed E-state index contributed by atoms with van der Waals surface area (Å²) in [6, 6.07) is 5.19. The van der Waals surface area contributed by atoms with Gasteiger partial charge in [0, 0.05) is 7.05 Å². The number of hydrogen-bond donors (Lipinski definition) is 3. The first-order valence-electron chi connectivity index (χ1n) is 6.11. The number of nitrogens with zero attached hydrogens (tertiary/aromatic N) is 2. The Bertz CT molecular complexity index is 666. The number of hydrogen-bond acceptors (Lipinski definition) is 3. The molecule has 0 aliphatic rings. The van der Waals surface area contributed by atoms with Gasteiger partial charge >= 0.3 is 6.03 Å². The van der Waals surface area contributed by atoms with Crippen molar-refractivity contribution in [1.82, 2.24) is 25.9 Å². The van der Waals surface area contributed by atoms with E-state index < -0.39 is 11.9 Å². The van der Waals surface area contributed by atoms with E-state index in [-0.39, 0.29) is 5.82 Å². The highest BCUT2D eigenvalue weighted by Crippen LogP contribution is 2.14. The number of urea groups is 1. The Morgan fingerprint density at radius 2 is 1.86 bits per heavy atom. The van der Waals surface area contributed by atoms with E-state index in [0.29, 0.717) is 16.9 Å². The molecular formula is C13H14FN5O2. The first-order valence-corrected chi connectivity index (χ1v) is 6.11. The summed E-state index contributed by atoms with van der Waals surface area (Å²) in [4.78, 5) is 22.9. The van der Waals surface area contributed by atoms with Crippen molar-refractivity contribution in [3.05, 3.63) is 47.5 Å². The van der Waals surface area contributed by atoms with Crippen LogP contribution in [0.5, 0.6) is 0 Å². The zero-order chi connectivity index (χ0) is 15.4. The zero-order valence-corrected chi connectivity index (χ0v) is 11.5. The summed E-state index contributed by atoms with van der Waals surface area (Å²) in [6.45, 7) is 1.70. The third-order valence-corrected chi connectivity index (χ3v) is 2.84. The summed E-state index contributed by atoms with van der Waals surface area (Å²) in [5.41, 5.74) is 5.93. The lowest BCUT2D eigenvalue weighted by atomic mass is 10.2. The molecule has 0 atom stereocenters. The first kappa shape index (κ1) is 14.5. The first-order chi connectivity index (χ1) is 10.0. The van der Waals surface area contributed by atoms with Crippen LogP contribution in [0.3, 0.4) is 0 Å². The van der Waals surface area contributed by atoms with Crippen LogP contribution in [0, 0.1) is 12.7 Å². The van der Waals surface area contributed by atoms with Crippen LogP contribution in [0.1, 0.15) is 16.1 Å². The average molecular weight is 291 g/mol. The third kappa shape index (κ3) is 3.16. The Balaban J connectivity index is 2.18. The Kier molecular flexibility index (Phi) is 4.17. The van der Waals surface area contributed by atoms with Crippen LogP contribution in [0.25, 0.3) is 5.69 Å². The summed E-state index contributed by atoms with van der Waals surface area (Å²) in [6.07, 6.45) is 1.37. The molecule has 1 aromatic heterocycles. The van der Waals surface area contributed by atoms with Crippen LogP contribution < -0.4 is 16.2 Å². The Labute approximate surface area is 120 Å². The highest BCUT2D eigenvalue weighted by Gasteiger charge is 2.15. The molecule has 0 radical (unpaired) electrons. The van der Waals surface area contributed by atoms with Gasteiger partial charge in [0.2, 0.25) is 0 Å². The van der Waals surface area contributed by atoms with E-state index in [1.54, 1.807) is 19.1 Å². The molecule has 2 rings (SSSR count). The highest BCUT2D eigenvalue weighted by atomic mass is 19.1. The van der Waals surface area contributed by atoms with Gasteiger partial charge in [0.15, 0.2) is 0 Å². The second-order valence-corrected chi connectivity index (χ2v) is 4.19. The molecule has 3 amide bonds. The van der Waals surface area contributed by atoms with Crippen LogP contribution >= 0.6 is 0 Å². The normalized spacial score (nSPS) is 10.0. The van der Waals surface area contributed by atoms with Gasteiger partial charge in [0.25, 0.3) is 5.91 Å². The molecule has 2 aromatic rings. The molecule has 0 aliphatic carbocycles. The number of aromatic nitrogens is 2. The largest absolute Gasteiger partial charge is 0.340 e. The Morgan fingerprint density at radius 3 is 2.48 bits per heavy atom. The smallest absolute Gasteiger partial charge is 0.333 e. The molecule has 7 nitrogen and oxygen atoms in total. The lowest BCUT2D eigenvalue weighted by Crippen LogP contribution is -2.45. The second kappa shape index (κ2) is 6.04. The van der Waals surface area contributed by atoms with Crippen LogP contribution in [-0.2, 0) is 0 Å². The fraction of sp³-hybridized carbons (Fsp3) is 0.154. The Morgan fingerprint density at radius 1 is 1.19 bits per heavy atom. The maximum Gasteiger partial charge on any atom is 0.333 e. The minimum Gasteiger partial charge on any atom is -0.340 e. The molecule has 1 heterocycles. The van der Waals surface area contributed by atoms with Crippen LogP contribution in [0.4, 0.5) is 9.18 Å². The van der Waals surface area contributed by atoms with Crippen molar-refractivity contribution in [3.8, 4) is 5.69 Å². The molecule has 0 aliphatic heterocycles. The number of carbonyl (C=O) groups excluding carboxylic acids is 2. The predicted octanol–water partition coefficient (Wildman–Crippen LogP) is 0.894. The van der Waals surface area contributed by atoms with Crippen molar-refractivity contribution < 1.29 is 14.0 Å². The number of rotatable bonds is 2. The third-order valence-electron chi connectivity index (χ3n) is 2.84. The van der Waals surface area contributed by atoms with Crippen molar-refractivity contribution in [3.63, 3.8) is 0 Å². The molecule has 0 fully saturated rings. The van der Waals surface area contributed by atoms with Crippen LogP contribution in [0.2, 0.25) is 0 Å². The van der Waals surface area contributed by atoms with Gasteiger partial charge in [0.1, 0.15) is 5.82 Å². The van der Waals surface area contributed by atoms with E-state index in [0.717, 1.165) is 0 Å². The van der Waals surface area contributed by atoms with E-state index >= 15 is 0 Å². The van der Waals surface area contributed by atoms with E-state index in [1.165, 1.54) is 30.1 Å². The minimum absolute atomic E-state index is 0.302. The molecule has 3 N–H and O–H groups in total. The van der Waals surface area contributed by atoms with Crippen LogP contribution in [0.15, 0.2) is 30.5 Å². The van der Waals surface area contributed by atoms with Gasteiger partial charge in [-0.25, -0.2) is 19.3 Å². The van der Waals surface area contributed by atoms with Crippen molar-refractivity contribution in [2.24, 2.45) is 0 Å². The molecule has 0 saturated carbocycles. The second-order valence-electron chi connectivity index (χ2n) is 4.19. The molecule has 0 bridgehead atoms. The van der Waals surface area contributed by atoms with Crippen molar-refractivity contribution in [2.45, 2.75) is 6.92 Å². The molecule has 21 heavy (non-hydrogen) atoms. The lowest BCUT2D eigenvalue weighted by molar-refractivity contribution is 0.0936. The number of carbonyl (C=O) groups is 2. The summed E-state index contributed by atoms with van der Waals surface area (Å²) in [5, 5.41) is 6.39. The highest BCUT2D eigenvalue weighted by molar-refractivity contribution is 5.96. The molecule has 0 saturated heterocycles. The maximum atomic E-state index is 12.9. The topological polar surface area (TPSA) is 88.1 Å². The Hall–Kier alpha value is -2.90. The van der Waals surface area contributed by atoms with E-state index in [1.807, 2.05) is 0 Å². The van der Waals surface area contributed by atoms with Gasteiger partial charge in [-0.2, -0.15) is 5.10 Å². The number of hydrazine groups is 1. The van der Waals surface area contributed by atoms with Crippen LogP contribution in [-0.4, -0.2) is 28.8 Å². The lowest BCUT2D eigenvalue weighted by Gasteiger charge is -2.07. The van der Waals surface area contributed by atoms with Gasteiger partial charge in [-0.05, 0) is 31.2 Å². The van der Waals surface area contributed by atoms with E-state index in [9.17, 15) is 14.0 Å². The zero-order valence-electron chi connectivity index (χ0n) is 11.5. The standard InChI is InChI=1S/C13H14FN5O2/c1-8-11(12(20)17-18-13(21)15-2)7-16-19(8)10-5-3-9(14)4-6-10/h3-7H,1-2H3,(H,17,20)(H2,15,18,21). The summed E-state index contributed by atoms with van der Waals surface area (Å²) in [5.74, 6) is -0.847. The molecule has 8 heteroatoms. The monoisotopic (exact) mass is 291 g/mol. The molecule has 110 valence electrons. The number of halogens is 1. The molecule has 0 spiro atoms. The summed E-state index contributed by atoms with van der Waals surface area (Å²) in [7, 11) is 1.43. The van der Waals surface area contributed by atoms with Crippen molar-refractivity contribution >= 4 is 11.9 Å². The van der Waals surface area contributed by atoms with Crippen molar-refractivity contribution in [2.75, 3.05) is 7.05 Å². The van der Waals surface area contributed by atoms with E-state index in [2.05, 4.69) is 21.3 Å². The van der Waals surface area contributed by atoms with Gasteiger partial charge in [-0.15, -0.1) is 0 Å². The predicted molar refractivity (Wildman–Crippen MR) is 73.3 cm³/mol. The van der Waals surface area contributed by atoms with Gasteiger partial charge < -0.3 is 5.32 Å². The van der Waals surface area contributed by atoms with E-state index in [4.69, 9.17) is 0 Å². The maximum absolute atomic E-state index is 12.9. The number of nitrogens with one attached hydrogen (secondary N) is 3. The molecule has 0 unspecified atom stereocenters. The van der Waals surface area contributed by atoms with Gasteiger partial charge in [0.05, 0.1) is 23.1 Å². The number of benzene rings is 1.